The standard InChI is InChI=1S/C20H31NO2/c1-12-9-13-10-15(21-23)4-5-16(13)17-7-8-20(2)14(11-22)3-6-18(20)19(12)17/h10,12,14-19,22H,3-9,11H2,1-2H3/t12-,14+,15?,16+,17-,18-,19-,20-/m1/s1. The summed E-state index contributed by atoms with van der Waals surface area (Å²) in [6, 6.07) is -0.0656. The molecule has 0 radical (unpaired) electrons. The molecule has 0 aromatic heterocycles. The summed E-state index contributed by atoms with van der Waals surface area (Å²) in [5.41, 5.74) is 1.92. The van der Waals surface area contributed by atoms with Crippen molar-refractivity contribution in [2.75, 3.05) is 6.61 Å². The summed E-state index contributed by atoms with van der Waals surface area (Å²) in [7, 11) is 0. The molecule has 1 unspecified atom stereocenters. The third-order valence-corrected chi connectivity index (χ3v) is 8.32. The van der Waals surface area contributed by atoms with Crippen molar-refractivity contribution in [2.45, 2.75) is 64.8 Å². The van der Waals surface area contributed by atoms with Crippen molar-refractivity contribution in [1.29, 1.82) is 0 Å². The zero-order valence-corrected chi connectivity index (χ0v) is 14.6. The zero-order chi connectivity index (χ0) is 16.2. The summed E-state index contributed by atoms with van der Waals surface area (Å²) in [5, 5.41) is 13.1. The lowest BCUT2D eigenvalue weighted by molar-refractivity contribution is -0.0539. The molecule has 128 valence electrons. The molecule has 0 aromatic rings. The minimum Gasteiger partial charge on any atom is -0.396 e. The maximum absolute atomic E-state index is 10.9. The number of hydrogen-bond donors (Lipinski definition) is 1. The van der Waals surface area contributed by atoms with Gasteiger partial charge in [0.25, 0.3) is 0 Å². The van der Waals surface area contributed by atoms with Gasteiger partial charge in [0.1, 0.15) is 6.04 Å². The van der Waals surface area contributed by atoms with Crippen LogP contribution in [0.1, 0.15) is 58.8 Å². The van der Waals surface area contributed by atoms with Gasteiger partial charge >= 0.3 is 0 Å². The fraction of sp³-hybridized carbons (Fsp3) is 0.900. The first-order chi connectivity index (χ1) is 11.1. The number of aliphatic hydroxyl groups excluding tert-OH is 1. The maximum atomic E-state index is 10.9. The minimum atomic E-state index is -0.0656. The van der Waals surface area contributed by atoms with Crippen LogP contribution in [0.4, 0.5) is 0 Å². The largest absolute Gasteiger partial charge is 0.396 e. The minimum absolute atomic E-state index is 0.0656. The molecule has 3 fully saturated rings. The first-order valence-electron chi connectivity index (χ1n) is 9.72. The van der Waals surface area contributed by atoms with Crippen LogP contribution in [0.25, 0.3) is 0 Å². The van der Waals surface area contributed by atoms with E-state index in [4.69, 9.17) is 0 Å². The van der Waals surface area contributed by atoms with Gasteiger partial charge in [-0.05, 0) is 85.9 Å². The number of fused-ring (bicyclic) bond motifs is 5. The Kier molecular flexibility index (Phi) is 3.91. The zero-order valence-electron chi connectivity index (χ0n) is 14.6. The van der Waals surface area contributed by atoms with E-state index in [1.165, 1.54) is 38.5 Å². The lowest BCUT2D eigenvalue weighted by atomic mass is 9.49. The number of allylic oxidation sites excluding steroid dienone is 1. The van der Waals surface area contributed by atoms with Gasteiger partial charge in [-0.25, -0.2) is 0 Å². The van der Waals surface area contributed by atoms with Gasteiger partial charge in [-0.1, -0.05) is 30.7 Å². The van der Waals surface area contributed by atoms with Crippen molar-refractivity contribution in [3.05, 3.63) is 16.6 Å². The first kappa shape index (κ1) is 15.8. The van der Waals surface area contributed by atoms with Gasteiger partial charge in [-0.2, -0.15) is 4.91 Å². The highest BCUT2D eigenvalue weighted by molar-refractivity contribution is 5.22. The molecule has 4 rings (SSSR count). The molecule has 3 saturated carbocycles. The van der Waals surface area contributed by atoms with Gasteiger partial charge < -0.3 is 5.11 Å². The molecule has 8 atom stereocenters. The van der Waals surface area contributed by atoms with Gasteiger partial charge in [0.05, 0.1) is 0 Å². The predicted molar refractivity (Wildman–Crippen MR) is 91.8 cm³/mol. The van der Waals surface area contributed by atoms with Crippen molar-refractivity contribution in [3.8, 4) is 0 Å². The lowest BCUT2D eigenvalue weighted by Crippen LogP contribution is -2.49. The summed E-state index contributed by atoms with van der Waals surface area (Å²) in [6.45, 7) is 5.28. The second-order valence-corrected chi connectivity index (χ2v) is 9.13. The van der Waals surface area contributed by atoms with E-state index in [1.54, 1.807) is 5.57 Å². The van der Waals surface area contributed by atoms with E-state index in [9.17, 15) is 10.0 Å². The molecule has 23 heavy (non-hydrogen) atoms. The maximum Gasteiger partial charge on any atom is 0.110 e. The van der Waals surface area contributed by atoms with Crippen LogP contribution in [0.2, 0.25) is 0 Å². The van der Waals surface area contributed by atoms with Crippen LogP contribution in [0.5, 0.6) is 0 Å². The topological polar surface area (TPSA) is 49.7 Å². The number of nitroso groups, excluding NO2 is 1. The molecule has 3 heteroatoms. The summed E-state index contributed by atoms with van der Waals surface area (Å²) >= 11 is 0. The molecule has 4 aliphatic rings. The molecule has 0 spiro atoms. The van der Waals surface area contributed by atoms with Gasteiger partial charge in [0, 0.05) is 6.61 Å². The molecule has 0 aliphatic heterocycles. The van der Waals surface area contributed by atoms with Crippen molar-refractivity contribution < 1.29 is 5.11 Å². The molecule has 0 heterocycles. The molecule has 4 aliphatic carbocycles. The van der Waals surface area contributed by atoms with E-state index < -0.39 is 0 Å². The molecule has 3 nitrogen and oxygen atoms in total. The van der Waals surface area contributed by atoms with Crippen LogP contribution in [-0.4, -0.2) is 17.8 Å². The Morgan fingerprint density at radius 2 is 2.09 bits per heavy atom. The number of aliphatic hydroxyl groups is 1. The second kappa shape index (κ2) is 5.68. The fourth-order valence-electron chi connectivity index (χ4n) is 7.21. The van der Waals surface area contributed by atoms with Crippen molar-refractivity contribution in [1.82, 2.24) is 0 Å². The average Bonchev–Trinajstić information content (AvgIpc) is 2.90. The highest BCUT2D eigenvalue weighted by atomic mass is 16.3. The smallest absolute Gasteiger partial charge is 0.110 e. The van der Waals surface area contributed by atoms with E-state index in [1.807, 2.05) is 0 Å². The van der Waals surface area contributed by atoms with Gasteiger partial charge in [-0.15, -0.1) is 0 Å². The Hall–Kier alpha value is -0.700. The lowest BCUT2D eigenvalue weighted by Gasteiger charge is -2.56. The normalized spacial score (nSPS) is 52.1. The monoisotopic (exact) mass is 317 g/mol. The van der Waals surface area contributed by atoms with Gasteiger partial charge in [0.15, 0.2) is 0 Å². The number of nitrogens with zero attached hydrogens (tertiary/aromatic N) is 1. The third-order valence-electron chi connectivity index (χ3n) is 8.32. The quantitative estimate of drug-likeness (QED) is 0.600. The van der Waals surface area contributed by atoms with E-state index in [2.05, 4.69) is 25.1 Å². The first-order valence-corrected chi connectivity index (χ1v) is 9.72. The third kappa shape index (κ3) is 2.26. The van der Waals surface area contributed by atoms with E-state index >= 15 is 0 Å². The summed E-state index contributed by atoms with van der Waals surface area (Å²) < 4.78 is 0. The highest BCUT2D eigenvalue weighted by Gasteiger charge is 2.57. The van der Waals surface area contributed by atoms with Crippen LogP contribution in [-0.2, 0) is 0 Å². The van der Waals surface area contributed by atoms with Crippen LogP contribution in [0.15, 0.2) is 16.8 Å². The molecule has 0 bridgehead atoms. The number of rotatable bonds is 2. The highest BCUT2D eigenvalue weighted by Crippen LogP contribution is 2.64. The van der Waals surface area contributed by atoms with E-state index in [0.29, 0.717) is 23.9 Å². The fourth-order valence-corrected chi connectivity index (χ4v) is 7.21. The van der Waals surface area contributed by atoms with Crippen LogP contribution >= 0.6 is 0 Å². The summed E-state index contributed by atoms with van der Waals surface area (Å²) in [6.07, 6.45) is 10.7. The Morgan fingerprint density at radius 1 is 1.26 bits per heavy atom. The van der Waals surface area contributed by atoms with Crippen molar-refractivity contribution in [2.24, 2.45) is 46.1 Å². The Morgan fingerprint density at radius 3 is 2.83 bits per heavy atom. The molecule has 1 N–H and O–H groups in total. The summed E-state index contributed by atoms with van der Waals surface area (Å²) in [5.74, 6) is 4.40. The number of hydrogen-bond acceptors (Lipinski definition) is 3. The van der Waals surface area contributed by atoms with Crippen LogP contribution in [0, 0.1) is 45.8 Å². The molecular weight excluding hydrogens is 286 g/mol. The second-order valence-electron chi connectivity index (χ2n) is 9.13. The van der Waals surface area contributed by atoms with Crippen molar-refractivity contribution in [3.63, 3.8) is 0 Å². The molecule has 0 saturated heterocycles. The Balaban J connectivity index is 1.63. The molecule has 0 amide bonds. The Bertz CT molecular complexity index is 516. The predicted octanol–water partition coefficient (Wildman–Crippen LogP) is 4.55. The SMILES string of the molecule is C[C@@H]1CC2=CC(N=O)CC[C@@H]2[C@H]2CC[C@]3(C)[C@H](CO)CC[C@@H]3[C@@H]21. The van der Waals surface area contributed by atoms with Crippen molar-refractivity contribution >= 4 is 0 Å². The Labute approximate surface area is 139 Å². The van der Waals surface area contributed by atoms with Crippen LogP contribution < -0.4 is 0 Å². The van der Waals surface area contributed by atoms with Crippen LogP contribution in [0.3, 0.4) is 0 Å². The van der Waals surface area contributed by atoms with Gasteiger partial charge in [-0.3, -0.25) is 0 Å². The summed E-state index contributed by atoms with van der Waals surface area (Å²) in [4.78, 5) is 10.9. The van der Waals surface area contributed by atoms with Gasteiger partial charge in [0.2, 0.25) is 0 Å². The molecular formula is C20H31NO2. The van der Waals surface area contributed by atoms with E-state index in [-0.39, 0.29) is 6.04 Å². The van der Waals surface area contributed by atoms with E-state index in [0.717, 1.165) is 30.1 Å². The molecule has 0 aromatic carbocycles. The average molecular weight is 317 g/mol.